The standard InChI is InChI=1S/C23H24N4O2/c1-29-20-8-6-17(7-9-20)12-14-24-22-11-10-21(25-26-22)23(28)27-15-13-18-4-2-3-5-19(18)16-27/h2-11H,12-16H2,1H3,(H,24,26). The predicted molar refractivity (Wildman–Crippen MR) is 112 cm³/mol. The molecule has 6 nitrogen and oxygen atoms in total. The van der Waals surface area contributed by atoms with Gasteiger partial charge in [0.25, 0.3) is 5.91 Å². The van der Waals surface area contributed by atoms with Gasteiger partial charge in [-0.3, -0.25) is 4.79 Å². The Morgan fingerprint density at radius 1 is 1.03 bits per heavy atom. The number of carbonyl (C=O) groups is 1. The summed E-state index contributed by atoms with van der Waals surface area (Å²) < 4.78 is 5.17. The van der Waals surface area contributed by atoms with Crippen molar-refractivity contribution in [2.45, 2.75) is 19.4 Å². The number of fused-ring (bicyclic) bond motifs is 1. The minimum absolute atomic E-state index is 0.0724. The number of benzene rings is 2. The maximum Gasteiger partial charge on any atom is 0.274 e. The van der Waals surface area contributed by atoms with Gasteiger partial charge in [0.2, 0.25) is 0 Å². The number of rotatable bonds is 6. The van der Waals surface area contributed by atoms with Crippen LogP contribution in [0.4, 0.5) is 5.82 Å². The number of aromatic nitrogens is 2. The van der Waals surface area contributed by atoms with Crippen molar-refractivity contribution in [2.24, 2.45) is 0 Å². The first-order chi connectivity index (χ1) is 14.2. The average molecular weight is 388 g/mol. The Morgan fingerprint density at radius 3 is 2.55 bits per heavy atom. The van der Waals surface area contributed by atoms with Crippen LogP contribution in [-0.2, 0) is 19.4 Å². The highest BCUT2D eigenvalue weighted by atomic mass is 16.5. The second-order valence-corrected chi connectivity index (χ2v) is 7.07. The topological polar surface area (TPSA) is 67.3 Å². The minimum atomic E-state index is -0.0724. The first-order valence-corrected chi connectivity index (χ1v) is 9.79. The van der Waals surface area contributed by atoms with Crippen molar-refractivity contribution in [2.75, 3.05) is 25.5 Å². The van der Waals surface area contributed by atoms with E-state index >= 15 is 0 Å². The van der Waals surface area contributed by atoms with E-state index in [0.29, 0.717) is 24.6 Å². The van der Waals surface area contributed by atoms with Gasteiger partial charge in [0.05, 0.1) is 7.11 Å². The molecule has 3 aromatic rings. The number of nitrogens with one attached hydrogen (secondary N) is 1. The number of anilines is 1. The minimum Gasteiger partial charge on any atom is -0.497 e. The van der Waals surface area contributed by atoms with Crippen LogP contribution < -0.4 is 10.1 Å². The van der Waals surface area contributed by atoms with Crippen LogP contribution in [0.25, 0.3) is 0 Å². The monoisotopic (exact) mass is 388 g/mol. The summed E-state index contributed by atoms with van der Waals surface area (Å²) in [7, 11) is 1.66. The molecule has 0 spiro atoms. The summed E-state index contributed by atoms with van der Waals surface area (Å²) in [4.78, 5) is 14.6. The first-order valence-electron chi connectivity index (χ1n) is 9.79. The molecular weight excluding hydrogens is 364 g/mol. The molecular formula is C23H24N4O2. The third kappa shape index (κ3) is 4.54. The summed E-state index contributed by atoms with van der Waals surface area (Å²) in [6.07, 6.45) is 1.74. The van der Waals surface area contributed by atoms with Gasteiger partial charge in [-0.1, -0.05) is 36.4 Å². The van der Waals surface area contributed by atoms with Gasteiger partial charge in [0, 0.05) is 19.6 Å². The van der Waals surface area contributed by atoms with Gasteiger partial charge in [-0.05, 0) is 53.8 Å². The Kier molecular flexibility index (Phi) is 5.70. The van der Waals surface area contributed by atoms with Crippen LogP contribution in [0.3, 0.4) is 0 Å². The van der Waals surface area contributed by atoms with Crippen molar-refractivity contribution in [1.29, 1.82) is 0 Å². The summed E-state index contributed by atoms with van der Waals surface area (Å²) >= 11 is 0. The van der Waals surface area contributed by atoms with E-state index in [2.05, 4.69) is 27.6 Å². The molecule has 0 radical (unpaired) electrons. The van der Waals surface area contributed by atoms with Crippen molar-refractivity contribution >= 4 is 11.7 Å². The van der Waals surface area contributed by atoms with Crippen LogP contribution in [-0.4, -0.2) is 41.2 Å². The highest BCUT2D eigenvalue weighted by Crippen LogP contribution is 2.20. The SMILES string of the molecule is COc1ccc(CCNc2ccc(C(=O)N3CCc4ccccc4C3)nn2)cc1. The van der Waals surface area contributed by atoms with Gasteiger partial charge in [-0.25, -0.2) is 0 Å². The van der Waals surface area contributed by atoms with Crippen molar-refractivity contribution in [1.82, 2.24) is 15.1 Å². The number of nitrogens with zero attached hydrogens (tertiary/aromatic N) is 3. The molecule has 0 saturated carbocycles. The molecule has 1 N–H and O–H groups in total. The summed E-state index contributed by atoms with van der Waals surface area (Å²) in [6.45, 7) is 2.06. The van der Waals surface area contributed by atoms with Gasteiger partial charge in [-0.15, -0.1) is 10.2 Å². The molecule has 2 heterocycles. The van der Waals surface area contributed by atoms with Crippen LogP contribution in [0.1, 0.15) is 27.2 Å². The highest BCUT2D eigenvalue weighted by molar-refractivity contribution is 5.92. The van der Waals surface area contributed by atoms with E-state index in [1.807, 2.05) is 47.4 Å². The number of ether oxygens (including phenoxy) is 1. The fourth-order valence-electron chi connectivity index (χ4n) is 3.50. The third-order valence-electron chi connectivity index (χ3n) is 5.18. The maximum atomic E-state index is 12.8. The normalized spacial score (nSPS) is 12.9. The fourth-order valence-corrected chi connectivity index (χ4v) is 3.50. The van der Waals surface area contributed by atoms with E-state index < -0.39 is 0 Å². The predicted octanol–water partition coefficient (Wildman–Crippen LogP) is 3.34. The summed E-state index contributed by atoms with van der Waals surface area (Å²) in [5, 5.41) is 11.6. The Labute approximate surface area is 170 Å². The Bertz CT molecular complexity index is 971. The van der Waals surface area contributed by atoms with E-state index in [9.17, 15) is 4.79 Å². The molecule has 0 bridgehead atoms. The first kappa shape index (κ1) is 18.9. The van der Waals surface area contributed by atoms with E-state index in [0.717, 1.165) is 25.1 Å². The van der Waals surface area contributed by atoms with Crippen LogP contribution in [0.2, 0.25) is 0 Å². The number of carbonyl (C=O) groups excluding carboxylic acids is 1. The lowest BCUT2D eigenvalue weighted by molar-refractivity contribution is 0.0727. The second kappa shape index (κ2) is 8.73. The molecule has 1 aromatic heterocycles. The number of amides is 1. The molecule has 1 amide bonds. The maximum absolute atomic E-state index is 12.8. The summed E-state index contributed by atoms with van der Waals surface area (Å²) in [6, 6.07) is 19.8. The highest BCUT2D eigenvalue weighted by Gasteiger charge is 2.22. The number of methoxy groups -OCH3 is 1. The molecule has 1 aliphatic rings. The molecule has 0 fully saturated rings. The summed E-state index contributed by atoms with van der Waals surface area (Å²) in [5.41, 5.74) is 4.12. The van der Waals surface area contributed by atoms with Crippen LogP contribution in [0.15, 0.2) is 60.7 Å². The molecule has 6 heteroatoms. The van der Waals surface area contributed by atoms with E-state index in [4.69, 9.17) is 4.74 Å². The third-order valence-corrected chi connectivity index (χ3v) is 5.18. The van der Waals surface area contributed by atoms with Crippen molar-refractivity contribution in [3.63, 3.8) is 0 Å². The van der Waals surface area contributed by atoms with Gasteiger partial charge < -0.3 is 15.0 Å². The summed E-state index contributed by atoms with van der Waals surface area (Å²) in [5.74, 6) is 1.45. The Morgan fingerprint density at radius 2 is 1.83 bits per heavy atom. The van der Waals surface area contributed by atoms with Gasteiger partial charge >= 0.3 is 0 Å². The largest absolute Gasteiger partial charge is 0.497 e. The van der Waals surface area contributed by atoms with Crippen molar-refractivity contribution < 1.29 is 9.53 Å². The van der Waals surface area contributed by atoms with Crippen molar-refractivity contribution in [3.05, 3.63) is 83.0 Å². The van der Waals surface area contributed by atoms with Gasteiger partial charge in [-0.2, -0.15) is 0 Å². The van der Waals surface area contributed by atoms with Crippen LogP contribution >= 0.6 is 0 Å². The molecule has 0 aliphatic carbocycles. The van der Waals surface area contributed by atoms with Crippen LogP contribution in [0, 0.1) is 0 Å². The van der Waals surface area contributed by atoms with Gasteiger partial charge in [0.1, 0.15) is 11.6 Å². The van der Waals surface area contributed by atoms with E-state index in [1.165, 1.54) is 16.7 Å². The Hall–Kier alpha value is -3.41. The lowest BCUT2D eigenvalue weighted by Gasteiger charge is -2.28. The molecule has 148 valence electrons. The van der Waals surface area contributed by atoms with E-state index in [1.54, 1.807) is 13.2 Å². The molecule has 29 heavy (non-hydrogen) atoms. The van der Waals surface area contributed by atoms with Gasteiger partial charge in [0.15, 0.2) is 5.69 Å². The molecule has 1 aliphatic heterocycles. The molecule has 4 rings (SSSR count). The zero-order valence-corrected chi connectivity index (χ0v) is 16.5. The lowest BCUT2D eigenvalue weighted by Crippen LogP contribution is -2.36. The smallest absolute Gasteiger partial charge is 0.274 e. The zero-order valence-electron chi connectivity index (χ0n) is 16.5. The second-order valence-electron chi connectivity index (χ2n) is 7.07. The number of hydrogen-bond acceptors (Lipinski definition) is 5. The number of hydrogen-bond donors (Lipinski definition) is 1. The quantitative estimate of drug-likeness (QED) is 0.702. The lowest BCUT2D eigenvalue weighted by atomic mass is 10.00. The van der Waals surface area contributed by atoms with Crippen LogP contribution in [0.5, 0.6) is 5.75 Å². The van der Waals surface area contributed by atoms with E-state index in [-0.39, 0.29) is 5.91 Å². The molecule has 0 atom stereocenters. The molecule has 0 saturated heterocycles. The average Bonchev–Trinajstić information content (AvgIpc) is 2.79. The Balaban J connectivity index is 1.31. The molecule has 2 aromatic carbocycles. The fraction of sp³-hybridized carbons (Fsp3) is 0.261. The molecule has 0 unspecified atom stereocenters. The van der Waals surface area contributed by atoms with Crippen molar-refractivity contribution in [3.8, 4) is 5.75 Å². The zero-order chi connectivity index (χ0) is 20.1.